The highest BCUT2D eigenvalue weighted by Crippen LogP contribution is 2.29. The molecule has 1 aromatic carbocycles. The number of nitrogens with one attached hydrogen (secondary N) is 2. The number of phenolic OH excluding ortho intramolecular Hbond substituents is 1. The number of unbranched alkanes of at least 4 members (excludes halogenated alkanes) is 1. The van der Waals surface area contributed by atoms with Crippen LogP contribution in [0.3, 0.4) is 0 Å². The van der Waals surface area contributed by atoms with Gasteiger partial charge in [0.1, 0.15) is 12.2 Å². The summed E-state index contributed by atoms with van der Waals surface area (Å²) in [4.78, 5) is 62.9. The smallest absolute Gasteiger partial charge is 0.332 e. The molecule has 2 amide bonds. The molecule has 216 valence electrons. The quantitative estimate of drug-likeness (QED) is 0.154. The topological polar surface area (TPSA) is 157 Å². The summed E-state index contributed by atoms with van der Waals surface area (Å²) >= 11 is 0. The Balaban J connectivity index is 2.31. The van der Waals surface area contributed by atoms with Crippen molar-refractivity contribution >= 4 is 35.9 Å². The summed E-state index contributed by atoms with van der Waals surface area (Å²) in [5.41, 5.74) is -0.213. The van der Waals surface area contributed by atoms with Gasteiger partial charge in [-0.25, -0.2) is 4.79 Å². The SMILES string of the molecule is CCCC[C@H]1C(=O)O[C@H](C)[C@H](NC(=O)c2cccc(NC=O)c2O)C(=O)O[C@@H](C)[C@@H]1OC(=O)CC[C@@H](C)CC. The van der Waals surface area contributed by atoms with Gasteiger partial charge in [-0.3, -0.25) is 19.2 Å². The van der Waals surface area contributed by atoms with Crippen molar-refractivity contribution in [2.45, 2.75) is 97.5 Å². The summed E-state index contributed by atoms with van der Waals surface area (Å²) in [6, 6.07) is 2.71. The van der Waals surface area contributed by atoms with Gasteiger partial charge in [0.15, 0.2) is 17.9 Å². The molecule has 1 aromatic rings. The highest BCUT2D eigenvalue weighted by atomic mass is 16.6. The molecule has 0 aromatic heterocycles. The van der Waals surface area contributed by atoms with E-state index in [1.54, 1.807) is 0 Å². The monoisotopic (exact) mass is 548 g/mol. The second kappa shape index (κ2) is 15.1. The van der Waals surface area contributed by atoms with Gasteiger partial charge in [0, 0.05) is 6.42 Å². The van der Waals surface area contributed by atoms with Crippen LogP contribution in [0.15, 0.2) is 18.2 Å². The molecule has 0 radical (unpaired) electrons. The molecule has 0 saturated carbocycles. The number of rotatable bonds is 12. The highest BCUT2D eigenvalue weighted by Gasteiger charge is 2.43. The van der Waals surface area contributed by atoms with Gasteiger partial charge in [-0.05, 0) is 44.7 Å². The zero-order chi connectivity index (χ0) is 29.1. The van der Waals surface area contributed by atoms with Gasteiger partial charge in [-0.15, -0.1) is 0 Å². The molecule has 0 bridgehead atoms. The first-order valence-corrected chi connectivity index (χ1v) is 13.5. The molecule has 1 fully saturated rings. The zero-order valence-corrected chi connectivity index (χ0v) is 23.2. The number of carbonyl (C=O) groups excluding carboxylic acids is 5. The number of phenols is 1. The van der Waals surface area contributed by atoms with E-state index in [2.05, 4.69) is 10.6 Å². The number of esters is 3. The third kappa shape index (κ3) is 8.69. The minimum atomic E-state index is -1.42. The van der Waals surface area contributed by atoms with E-state index in [1.807, 2.05) is 20.8 Å². The maximum absolute atomic E-state index is 13.3. The molecule has 0 spiro atoms. The van der Waals surface area contributed by atoms with Crippen molar-refractivity contribution in [3.05, 3.63) is 23.8 Å². The Bertz CT molecular complexity index is 1030. The lowest BCUT2D eigenvalue weighted by molar-refractivity contribution is -0.175. The molecular weight excluding hydrogens is 508 g/mol. The lowest BCUT2D eigenvalue weighted by atomic mass is 9.92. The summed E-state index contributed by atoms with van der Waals surface area (Å²) in [5.74, 6) is -3.94. The molecule has 0 aliphatic carbocycles. The number of ether oxygens (including phenoxy) is 3. The van der Waals surface area contributed by atoms with Crippen LogP contribution in [0.2, 0.25) is 0 Å². The van der Waals surface area contributed by atoms with Crippen molar-refractivity contribution in [1.82, 2.24) is 5.32 Å². The second-order valence-corrected chi connectivity index (χ2v) is 9.95. The molecule has 39 heavy (non-hydrogen) atoms. The van der Waals surface area contributed by atoms with Crippen LogP contribution in [-0.4, -0.2) is 59.7 Å². The van der Waals surface area contributed by atoms with Crippen LogP contribution >= 0.6 is 0 Å². The molecule has 3 N–H and O–H groups in total. The van der Waals surface area contributed by atoms with Crippen LogP contribution in [0.4, 0.5) is 5.69 Å². The lowest BCUT2D eigenvalue weighted by Gasteiger charge is -2.29. The molecule has 1 saturated heterocycles. The fraction of sp³-hybridized carbons (Fsp3) is 0.607. The molecule has 1 heterocycles. The Morgan fingerprint density at radius 2 is 1.82 bits per heavy atom. The highest BCUT2D eigenvalue weighted by molar-refractivity contribution is 6.01. The maximum Gasteiger partial charge on any atom is 0.332 e. The first-order chi connectivity index (χ1) is 18.5. The van der Waals surface area contributed by atoms with Crippen molar-refractivity contribution < 1.29 is 43.3 Å². The predicted octanol–water partition coefficient (Wildman–Crippen LogP) is 3.48. The van der Waals surface area contributed by atoms with Crippen LogP contribution in [0.1, 0.15) is 83.5 Å². The number of aromatic hydroxyl groups is 1. The van der Waals surface area contributed by atoms with Crippen molar-refractivity contribution in [2.24, 2.45) is 11.8 Å². The van der Waals surface area contributed by atoms with Gasteiger partial charge in [0.05, 0.1) is 17.2 Å². The molecule has 2 rings (SSSR count). The van der Waals surface area contributed by atoms with E-state index < -0.39 is 59.8 Å². The summed E-state index contributed by atoms with van der Waals surface area (Å²) < 4.78 is 16.9. The molecule has 6 atom stereocenters. The summed E-state index contributed by atoms with van der Waals surface area (Å²) in [6.45, 7) is 8.99. The largest absolute Gasteiger partial charge is 0.505 e. The minimum Gasteiger partial charge on any atom is -0.505 e. The van der Waals surface area contributed by atoms with E-state index in [0.717, 1.165) is 12.8 Å². The average molecular weight is 549 g/mol. The number of hydrogen-bond donors (Lipinski definition) is 3. The standard InChI is InChI=1S/C28H40N2O9/c1-6-8-10-20-25(39-22(32)14-13-16(3)7-2)18(5)38-28(36)23(17(4)37-27(20)35)30-26(34)19-11-9-12-21(24(19)33)29-15-31/h9,11-12,15-18,20,23,25,33H,6-8,10,13-14H2,1-5H3,(H,29,31)(H,30,34)/t16-,17+,18-,20+,23-,25-/m0/s1. The number of para-hydroxylation sites is 1. The fourth-order valence-corrected chi connectivity index (χ4v) is 4.28. The zero-order valence-electron chi connectivity index (χ0n) is 23.2. The number of carbonyl (C=O) groups is 5. The number of amides is 2. The van der Waals surface area contributed by atoms with Crippen molar-refractivity contribution in [3.8, 4) is 5.75 Å². The van der Waals surface area contributed by atoms with Crippen LogP contribution in [0.5, 0.6) is 5.75 Å². The molecule has 1 aliphatic rings. The number of cyclic esters (lactones) is 2. The summed E-state index contributed by atoms with van der Waals surface area (Å²) in [7, 11) is 0. The normalized spacial score (nSPS) is 24.2. The number of anilines is 1. The molecule has 1 aliphatic heterocycles. The van der Waals surface area contributed by atoms with Crippen LogP contribution in [0, 0.1) is 11.8 Å². The third-order valence-corrected chi connectivity index (χ3v) is 6.95. The third-order valence-electron chi connectivity index (χ3n) is 6.95. The van der Waals surface area contributed by atoms with Gasteiger partial charge < -0.3 is 30.0 Å². The Hall–Kier alpha value is -3.63. The minimum absolute atomic E-state index is 0.000421. The van der Waals surface area contributed by atoms with Gasteiger partial charge in [0.2, 0.25) is 6.41 Å². The molecule has 0 unspecified atom stereocenters. The maximum atomic E-state index is 13.3. The molecule has 11 nitrogen and oxygen atoms in total. The second-order valence-electron chi connectivity index (χ2n) is 9.95. The fourth-order valence-electron chi connectivity index (χ4n) is 4.28. The number of hydrogen-bond acceptors (Lipinski definition) is 9. The Kier molecular flexibility index (Phi) is 12.2. The van der Waals surface area contributed by atoms with Crippen molar-refractivity contribution in [2.75, 3.05) is 5.32 Å². The van der Waals surface area contributed by atoms with Crippen LogP contribution < -0.4 is 10.6 Å². The van der Waals surface area contributed by atoms with E-state index in [1.165, 1.54) is 32.0 Å². The summed E-state index contributed by atoms with van der Waals surface area (Å²) in [5, 5.41) is 15.1. The van der Waals surface area contributed by atoms with Crippen molar-refractivity contribution in [3.63, 3.8) is 0 Å². The Morgan fingerprint density at radius 1 is 1.13 bits per heavy atom. The van der Waals surface area contributed by atoms with E-state index >= 15 is 0 Å². The lowest BCUT2D eigenvalue weighted by Crippen LogP contribution is -2.50. The summed E-state index contributed by atoms with van der Waals surface area (Å²) in [6.07, 6.45) is 0.641. The van der Waals surface area contributed by atoms with Gasteiger partial charge >= 0.3 is 17.9 Å². The molecular formula is C28H40N2O9. The first-order valence-electron chi connectivity index (χ1n) is 13.5. The van der Waals surface area contributed by atoms with Gasteiger partial charge in [0.25, 0.3) is 5.91 Å². The average Bonchev–Trinajstić information content (AvgIpc) is 2.92. The van der Waals surface area contributed by atoms with Crippen LogP contribution in [-0.2, 0) is 33.4 Å². The van der Waals surface area contributed by atoms with Gasteiger partial charge in [-0.2, -0.15) is 0 Å². The first kappa shape index (κ1) is 31.6. The predicted molar refractivity (Wildman–Crippen MR) is 142 cm³/mol. The Morgan fingerprint density at radius 3 is 2.46 bits per heavy atom. The van der Waals surface area contributed by atoms with Gasteiger partial charge in [-0.1, -0.05) is 46.1 Å². The van der Waals surface area contributed by atoms with E-state index in [4.69, 9.17) is 14.2 Å². The van der Waals surface area contributed by atoms with E-state index in [9.17, 15) is 29.1 Å². The molecule has 11 heteroatoms. The van der Waals surface area contributed by atoms with Crippen molar-refractivity contribution in [1.29, 1.82) is 0 Å². The number of benzene rings is 1. The van der Waals surface area contributed by atoms with E-state index in [0.29, 0.717) is 31.6 Å². The van der Waals surface area contributed by atoms with Crippen LogP contribution in [0.25, 0.3) is 0 Å². The Labute approximate surface area is 228 Å². The van der Waals surface area contributed by atoms with E-state index in [-0.39, 0.29) is 17.7 Å².